The van der Waals surface area contributed by atoms with Gasteiger partial charge in [0.15, 0.2) is 5.82 Å². The van der Waals surface area contributed by atoms with E-state index in [1.807, 2.05) is 48.7 Å². The van der Waals surface area contributed by atoms with Crippen LogP contribution in [0.3, 0.4) is 0 Å². The molecule has 2 N–H and O–H groups in total. The van der Waals surface area contributed by atoms with Crippen LogP contribution < -0.4 is 19.5 Å². The molecule has 14 nitrogen and oxygen atoms in total. The van der Waals surface area contributed by atoms with Crippen LogP contribution in [0.15, 0.2) is 83.1 Å². The highest BCUT2D eigenvalue weighted by atomic mass is 35.5. The molecule has 0 saturated carbocycles. The molecule has 0 fully saturated rings. The van der Waals surface area contributed by atoms with Gasteiger partial charge < -0.3 is 14.8 Å². The number of benzene rings is 3. The maximum atomic E-state index is 14.5. The summed E-state index contributed by atoms with van der Waals surface area (Å²) < 4.78 is 70.4. The number of thiophene rings is 1. The average Bonchev–Trinajstić information content (AvgIpc) is 3.78. The van der Waals surface area contributed by atoms with Crippen molar-refractivity contribution in [1.82, 2.24) is 35.0 Å². The van der Waals surface area contributed by atoms with Gasteiger partial charge in [0.1, 0.15) is 56.7 Å². The van der Waals surface area contributed by atoms with Gasteiger partial charge in [0.05, 0.1) is 25.8 Å². The average molecular weight is 969 g/mol. The zero-order chi connectivity index (χ0) is 47.4. The molecule has 0 aliphatic carbocycles. The summed E-state index contributed by atoms with van der Waals surface area (Å²) in [7, 11) is -3.16. The maximum absolute atomic E-state index is 14.5. The van der Waals surface area contributed by atoms with Crippen LogP contribution in [0.5, 0.6) is 11.6 Å². The van der Waals surface area contributed by atoms with Crippen molar-refractivity contribution >= 4 is 61.2 Å². The van der Waals surface area contributed by atoms with Crippen LogP contribution in [-0.4, -0.2) is 70.0 Å². The molecule has 4 aromatic heterocycles. The number of halogens is 3. The quantitative estimate of drug-likeness (QED) is 0.0788. The van der Waals surface area contributed by atoms with Crippen LogP contribution in [0.1, 0.15) is 89.9 Å². The lowest BCUT2D eigenvalue weighted by Crippen LogP contribution is -2.26. The summed E-state index contributed by atoms with van der Waals surface area (Å²) in [5, 5.41) is 14.4. The van der Waals surface area contributed by atoms with Crippen LogP contribution >= 0.6 is 22.9 Å². The number of carbonyl (C=O) groups excluding carboxylic acids is 1. The topological polar surface area (TPSA) is 175 Å². The van der Waals surface area contributed by atoms with Gasteiger partial charge in [-0.15, -0.1) is 21.5 Å². The normalized spacial score (nSPS) is 13.4. The van der Waals surface area contributed by atoms with Crippen molar-refractivity contribution in [3.8, 4) is 27.8 Å². The lowest BCUT2D eigenvalue weighted by atomic mass is 9.99. The maximum Gasteiger partial charge on any atom is 0.264 e. The number of hydrogen-bond acceptors (Lipinski definition) is 12. The number of unbranched alkanes of at least 4 members (excludes halogenated alkanes) is 5. The summed E-state index contributed by atoms with van der Waals surface area (Å²) in [6, 6.07) is 14.5. The number of anilines is 1. The lowest BCUT2D eigenvalue weighted by molar-refractivity contribution is -0.121. The van der Waals surface area contributed by atoms with Crippen LogP contribution in [0.2, 0.25) is 5.02 Å². The molecular weight excluding hydrogens is 920 g/mol. The van der Waals surface area contributed by atoms with Crippen molar-refractivity contribution in [2.75, 3.05) is 25.0 Å². The first-order chi connectivity index (χ1) is 32.2. The fourth-order valence-electron chi connectivity index (χ4n) is 8.00. The van der Waals surface area contributed by atoms with Crippen molar-refractivity contribution in [3.63, 3.8) is 0 Å². The number of aliphatic imine (C=N–C) groups is 1. The molecule has 0 unspecified atom stereocenters. The molecule has 1 aliphatic rings. The Balaban J connectivity index is 0.842. The Morgan fingerprint density at radius 3 is 2.40 bits per heavy atom. The third-order valence-electron chi connectivity index (χ3n) is 11.6. The standard InChI is InChI=1S/C48H48ClF2N9O5S2/c1-27-29(3)66-48-43(27)44(31-12-14-34(49)15-13-31)56-38(46-58-57-30(4)60(46)48)24-42(61)52-18-10-8-6-7-9-11-19-65-40-22-32(20-36-28(2)54-26-55-45(36)40)33-21-39(47(64-5)53-25-33)59-67(62,63)41-17-16-35(50)23-37(41)51/h12-17,20-23,25-26,38,59H,6-11,18-19,24H2,1-5H3,(H,52,61)/t38-/m0/s1. The number of fused-ring (bicyclic) bond motifs is 4. The highest BCUT2D eigenvalue weighted by Gasteiger charge is 2.32. The van der Waals surface area contributed by atoms with Gasteiger partial charge in [-0.1, -0.05) is 49.4 Å². The molecule has 1 atom stereocenters. The van der Waals surface area contributed by atoms with Crippen LogP contribution in [0, 0.1) is 39.3 Å². The summed E-state index contributed by atoms with van der Waals surface area (Å²) in [6.07, 6.45) is 8.61. The second-order valence-corrected chi connectivity index (χ2v) is 19.5. The van der Waals surface area contributed by atoms with Crippen LogP contribution in [-0.2, 0) is 14.8 Å². The fourth-order valence-corrected chi connectivity index (χ4v) is 10.4. The number of aromatic nitrogens is 6. The van der Waals surface area contributed by atoms with E-state index in [2.05, 4.69) is 49.0 Å². The van der Waals surface area contributed by atoms with Crippen LogP contribution in [0.25, 0.3) is 27.0 Å². The third kappa shape index (κ3) is 10.3. The third-order valence-corrected chi connectivity index (χ3v) is 14.4. The molecule has 8 rings (SSSR count). The van der Waals surface area contributed by atoms with Gasteiger partial charge in [-0.3, -0.25) is 19.1 Å². The molecule has 0 bridgehead atoms. The Labute approximate surface area is 396 Å². The highest BCUT2D eigenvalue weighted by molar-refractivity contribution is 7.92. The minimum absolute atomic E-state index is 0.0485. The number of sulfonamides is 1. The molecule has 7 aromatic rings. The molecule has 1 amide bonds. The number of rotatable bonds is 18. The predicted octanol–water partition coefficient (Wildman–Crippen LogP) is 10.1. The number of ether oxygens (including phenoxy) is 2. The SMILES string of the molecule is COc1ncc(-c2cc(OCCCCCCCCNC(=O)C[C@@H]3N=C(c4ccc(Cl)cc4)c4c(sc(C)c4C)-n4c(C)nnc43)c3ncnc(C)c3c2)cc1NS(=O)(=O)c1ccc(F)cc1F. The summed E-state index contributed by atoms with van der Waals surface area (Å²) in [5.41, 5.74) is 6.32. The van der Waals surface area contributed by atoms with Gasteiger partial charge in [0.2, 0.25) is 11.8 Å². The van der Waals surface area contributed by atoms with Crippen molar-refractivity contribution in [2.24, 2.45) is 4.99 Å². The van der Waals surface area contributed by atoms with E-state index in [-0.39, 0.29) is 23.9 Å². The van der Waals surface area contributed by atoms with E-state index in [0.29, 0.717) is 58.2 Å². The summed E-state index contributed by atoms with van der Waals surface area (Å²) in [4.78, 5) is 32.2. The van der Waals surface area contributed by atoms with Gasteiger partial charge in [-0.2, -0.15) is 0 Å². The van der Waals surface area contributed by atoms with Crippen molar-refractivity contribution in [3.05, 3.63) is 129 Å². The number of carbonyl (C=O) groups is 1. The van der Waals surface area contributed by atoms with Crippen molar-refractivity contribution < 1.29 is 31.5 Å². The zero-order valence-electron chi connectivity index (χ0n) is 37.5. The monoisotopic (exact) mass is 967 g/mol. The number of amides is 1. The molecule has 0 radical (unpaired) electrons. The number of aryl methyl sites for hydroxylation is 3. The Morgan fingerprint density at radius 1 is 0.881 bits per heavy atom. The first-order valence-electron chi connectivity index (χ1n) is 21.8. The number of pyridine rings is 1. The van der Waals surface area contributed by atoms with Crippen molar-refractivity contribution in [2.45, 2.75) is 83.6 Å². The minimum atomic E-state index is -4.49. The molecular formula is C48H48ClF2N9O5S2. The fraction of sp³-hybridized carbons (Fsp3) is 0.312. The molecule has 0 saturated heterocycles. The van der Waals surface area contributed by atoms with E-state index < -0.39 is 32.6 Å². The largest absolute Gasteiger partial charge is 0.491 e. The minimum Gasteiger partial charge on any atom is -0.491 e. The second-order valence-electron chi connectivity index (χ2n) is 16.2. The van der Waals surface area contributed by atoms with Gasteiger partial charge in [0, 0.05) is 56.5 Å². The first-order valence-corrected chi connectivity index (χ1v) is 24.4. The summed E-state index contributed by atoms with van der Waals surface area (Å²) in [6.45, 7) is 8.94. The molecule has 0 spiro atoms. The van der Waals surface area contributed by atoms with E-state index in [4.69, 9.17) is 26.1 Å². The molecule has 1 aliphatic heterocycles. The van der Waals surface area contributed by atoms with E-state index in [0.717, 1.165) is 89.3 Å². The number of hydrogen-bond donors (Lipinski definition) is 2. The Kier molecular flexibility index (Phi) is 14.2. The van der Waals surface area contributed by atoms with E-state index in [1.54, 1.807) is 17.4 Å². The Bertz CT molecular complexity index is 3130. The molecule has 348 valence electrons. The predicted molar refractivity (Wildman–Crippen MR) is 255 cm³/mol. The van der Waals surface area contributed by atoms with E-state index >= 15 is 0 Å². The number of nitrogens with zero attached hydrogens (tertiary/aromatic N) is 7. The highest BCUT2D eigenvalue weighted by Crippen LogP contribution is 2.40. The van der Waals surface area contributed by atoms with Gasteiger partial charge in [-0.05, 0) is 94.1 Å². The Morgan fingerprint density at radius 2 is 1.64 bits per heavy atom. The Hall–Kier alpha value is -6.37. The van der Waals surface area contributed by atoms with Crippen LogP contribution in [0.4, 0.5) is 14.5 Å². The van der Waals surface area contributed by atoms with E-state index in [9.17, 15) is 22.0 Å². The number of nitrogens with one attached hydrogen (secondary N) is 2. The summed E-state index contributed by atoms with van der Waals surface area (Å²) >= 11 is 7.92. The summed E-state index contributed by atoms with van der Waals surface area (Å²) in [5.74, 6) is -0.393. The molecule has 5 heterocycles. The number of methoxy groups -OCH3 is 1. The van der Waals surface area contributed by atoms with Gasteiger partial charge in [-0.25, -0.2) is 32.2 Å². The first kappa shape index (κ1) is 47.1. The van der Waals surface area contributed by atoms with Crippen molar-refractivity contribution in [1.29, 1.82) is 0 Å². The lowest BCUT2D eigenvalue weighted by Gasteiger charge is -2.15. The molecule has 67 heavy (non-hydrogen) atoms. The second kappa shape index (κ2) is 20.2. The smallest absolute Gasteiger partial charge is 0.264 e. The van der Waals surface area contributed by atoms with Gasteiger partial charge in [0.25, 0.3) is 10.0 Å². The molecule has 3 aromatic carbocycles. The molecule has 19 heteroatoms. The van der Waals surface area contributed by atoms with E-state index in [1.165, 1.54) is 30.6 Å². The zero-order valence-corrected chi connectivity index (χ0v) is 39.9. The van der Waals surface area contributed by atoms with Gasteiger partial charge >= 0.3 is 0 Å².